The van der Waals surface area contributed by atoms with Crippen LogP contribution in [0.1, 0.15) is 6.92 Å². The van der Waals surface area contributed by atoms with Crippen LogP contribution >= 0.6 is 0 Å². The fraction of sp³-hybridized carbons (Fsp3) is 0.182. The second-order valence-corrected chi connectivity index (χ2v) is 3.09. The summed E-state index contributed by atoms with van der Waals surface area (Å²) in [5, 5.41) is 9.07. The van der Waals surface area contributed by atoms with Gasteiger partial charge in [0.25, 0.3) is 11.8 Å². The summed E-state index contributed by atoms with van der Waals surface area (Å²) in [6, 6.07) is 8.75. The van der Waals surface area contributed by atoms with E-state index in [4.69, 9.17) is 10.00 Å². The molecule has 1 N–H and O–H groups in total. The molecular weight excluding hydrogens is 222 g/mol. The van der Waals surface area contributed by atoms with Crippen LogP contribution in [0.4, 0.5) is 0 Å². The predicted octanol–water partition coefficient (Wildman–Crippen LogP) is 0.426. The van der Waals surface area contributed by atoms with Crippen LogP contribution in [0.25, 0.3) is 0 Å². The highest BCUT2D eigenvalue weighted by molar-refractivity contribution is 5.82. The monoisotopic (exact) mass is 233 g/mol. The summed E-state index contributed by atoms with van der Waals surface area (Å²) < 4.78 is 5.13. The summed E-state index contributed by atoms with van der Waals surface area (Å²) in [5.41, 5.74) is 2.10. The number of nitriles is 1. The zero-order chi connectivity index (χ0) is 12.7. The smallest absolute Gasteiger partial charge is 0.277 e. The third-order valence-corrected chi connectivity index (χ3v) is 1.76. The van der Waals surface area contributed by atoms with E-state index in [2.05, 4.69) is 5.43 Å². The Hall–Kier alpha value is -2.55. The summed E-state index contributed by atoms with van der Waals surface area (Å²) in [5.74, 6) is -0.611. The molecule has 0 spiro atoms. The standard InChI is InChI=1S/C11H11N3O3/c1-9(15)14(8-12)13-11(16)7-17-10-5-3-2-4-6-10/h2-6H,7H2,1H3,(H,13,16). The normalized spacial score (nSPS) is 8.94. The number of rotatable bonds is 3. The van der Waals surface area contributed by atoms with Crippen LogP contribution in [0, 0.1) is 11.5 Å². The maximum Gasteiger partial charge on any atom is 0.277 e. The molecule has 0 heterocycles. The van der Waals surface area contributed by atoms with Crippen molar-refractivity contribution in [1.82, 2.24) is 10.4 Å². The lowest BCUT2D eigenvalue weighted by Gasteiger charge is -2.12. The molecule has 0 saturated carbocycles. The molecule has 0 atom stereocenters. The number of benzene rings is 1. The van der Waals surface area contributed by atoms with Crippen molar-refractivity contribution in [2.45, 2.75) is 6.92 Å². The SMILES string of the molecule is CC(=O)N(C#N)NC(=O)COc1ccccc1. The molecule has 88 valence electrons. The number of hydrazine groups is 1. The molecule has 6 nitrogen and oxygen atoms in total. The number of ether oxygens (including phenoxy) is 1. The Morgan fingerprint density at radius 2 is 2.06 bits per heavy atom. The highest BCUT2D eigenvalue weighted by atomic mass is 16.5. The first kappa shape index (κ1) is 12.5. The lowest BCUT2D eigenvalue weighted by molar-refractivity contribution is -0.137. The Labute approximate surface area is 98.4 Å². The second kappa shape index (κ2) is 6.12. The van der Waals surface area contributed by atoms with Gasteiger partial charge in [0.05, 0.1) is 0 Å². The number of hydrogen-bond acceptors (Lipinski definition) is 4. The van der Waals surface area contributed by atoms with Gasteiger partial charge in [-0.15, -0.1) is 0 Å². The van der Waals surface area contributed by atoms with Crippen LogP contribution in [-0.2, 0) is 9.59 Å². The van der Waals surface area contributed by atoms with Crippen molar-refractivity contribution in [1.29, 1.82) is 5.26 Å². The summed E-state index contributed by atoms with van der Waals surface area (Å²) in [4.78, 5) is 22.1. The van der Waals surface area contributed by atoms with Crippen LogP contribution in [0.15, 0.2) is 30.3 Å². The largest absolute Gasteiger partial charge is 0.484 e. The highest BCUT2D eigenvalue weighted by Crippen LogP contribution is 2.07. The molecule has 0 radical (unpaired) electrons. The molecule has 0 aromatic heterocycles. The van der Waals surface area contributed by atoms with Gasteiger partial charge in [0.1, 0.15) is 5.75 Å². The van der Waals surface area contributed by atoms with Crippen LogP contribution in [0.5, 0.6) is 5.75 Å². The molecule has 1 aromatic carbocycles. The molecule has 0 aliphatic carbocycles. The minimum Gasteiger partial charge on any atom is -0.484 e. The molecule has 6 heteroatoms. The molecular formula is C11H11N3O3. The van der Waals surface area contributed by atoms with Crippen molar-refractivity contribution in [2.24, 2.45) is 0 Å². The van der Waals surface area contributed by atoms with E-state index in [0.29, 0.717) is 10.8 Å². The van der Waals surface area contributed by atoms with Gasteiger partial charge in [-0.2, -0.15) is 10.3 Å². The molecule has 0 unspecified atom stereocenters. The van der Waals surface area contributed by atoms with Gasteiger partial charge in [0.15, 0.2) is 6.61 Å². The van der Waals surface area contributed by atoms with Gasteiger partial charge in [-0.05, 0) is 12.1 Å². The fourth-order valence-corrected chi connectivity index (χ4v) is 0.997. The number of carbonyl (C=O) groups excluding carboxylic acids is 2. The average molecular weight is 233 g/mol. The Morgan fingerprint density at radius 3 is 2.59 bits per heavy atom. The van der Waals surface area contributed by atoms with Crippen molar-refractivity contribution in [3.63, 3.8) is 0 Å². The number of amides is 2. The number of para-hydroxylation sites is 1. The van der Waals surface area contributed by atoms with Crippen molar-refractivity contribution in [2.75, 3.05) is 6.61 Å². The lowest BCUT2D eigenvalue weighted by atomic mass is 10.3. The van der Waals surface area contributed by atoms with Gasteiger partial charge < -0.3 is 4.74 Å². The minimum absolute atomic E-state index is 0.268. The highest BCUT2D eigenvalue weighted by Gasteiger charge is 2.11. The molecule has 0 aliphatic rings. The number of carbonyl (C=O) groups is 2. The predicted molar refractivity (Wildman–Crippen MR) is 58.2 cm³/mol. The molecule has 2 amide bonds. The Balaban J connectivity index is 2.41. The van der Waals surface area contributed by atoms with Crippen molar-refractivity contribution in [3.8, 4) is 11.9 Å². The topological polar surface area (TPSA) is 82.4 Å². The number of nitrogens with one attached hydrogen (secondary N) is 1. The first-order chi connectivity index (χ1) is 8.13. The van der Waals surface area contributed by atoms with E-state index in [1.165, 1.54) is 13.1 Å². The van der Waals surface area contributed by atoms with E-state index in [9.17, 15) is 9.59 Å². The number of nitrogens with zero attached hydrogens (tertiary/aromatic N) is 2. The van der Waals surface area contributed by atoms with Gasteiger partial charge in [-0.25, -0.2) is 5.43 Å². The van der Waals surface area contributed by atoms with Crippen LogP contribution in [0.3, 0.4) is 0 Å². The second-order valence-electron chi connectivity index (χ2n) is 3.09. The van der Waals surface area contributed by atoms with E-state index < -0.39 is 11.8 Å². The van der Waals surface area contributed by atoms with E-state index in [0.717, 1.165) is 0 Å². The molecule has 1 rings (SSSR count). The molecule has 17 heavy (non-hydrogen) atoms. The van der Waals surface area contributed by atoms with E-state index >= 15 is 0 Å². The third kappa shape index (κ3) is 4.22. The molecule has 0 bridgehead atoms. The Kier molecular flexibility index (Phi) is 4.51. The Morgan fingerprint density at radius 1 is 1.41 bits per heavy atom. The summed E-state index contributed by atoms with van der Waals surface area (Å²) in [6.45, 7) is 0.900. The molecule has 1 aromatic rings. The molecule has 0 fully saturated rings. The quantitative estimate of drug-likeness (QED) is 0.466. The molecule has 0 aliphatic heterocycles. The van der Waals surface area contributed by atoms with Gasteiger partial charge in [-0.3, -0.25) is 9.59 Å². The first-order valence-electron chi connectivity index (χ1n) is 4.81. The fourth-order valence-electron chi connectivity index (χ4n) is 0.997. The van der Waals surface area contributed by atoms with E-state index in [-0.39, 0.29) is 6.61 Å². The zero-order valence-corrected chi connectivity index (χ0v) is 9.21. The maximum absolute atomic E-state index is 11.3. The van der Waals surface area contributed by atoms with Crippen molar-refractivity contribution in [3.05, 3.63) is 30.3 Å². The van der Waals surface area contributed by atoms with Gasteiger partial charge in [0, 0.05) is 6.92 Å². The minimum atomic E-state index is -0.578. The summed E-state index contributed by atoms with van der Waals surface area (Å²) in [7, 11) is 0. The Bertz CT molecular complexity index is 439. The van der Waals surface area contributed by atoms with Gasteiger partial charge in [0.2, 0.25) is 6.19 Å². The third-order valence-electron chi connectivity index (χ3n) is 1.76. The molecule has 0 saturated heterocycles. The average Bonchev–Trinajstić information content (AvgIpc) is 2.34. The van der Waals surface area contributed by atoms with Gasteiger partial charge >= 0.3 is 0 Å². The zero-order valence-electron chi connectivity index (χ0n) is 9.21. The van der Waals surface area contributed by atoms with E-state index in [1.807, 2.05) is 6.07 Å². The maximum atomic E-state index is 11.3. The van der Waals surface area contributed by atoms with Crippen LogP contribution in [-0.4, -0.2) is 23.4 Å². The van der Waals surface area contributed by atoms with Crippen LogP contribution in [0.2, 0.25) is 0 Å². The lowest BCUT2D eigenvalue weighted by Crippen LogP contribution is -2.43. The number of hydrogen-bond donors (Lipinski definition) is 1. The van der Waals surface area contributed by atoms with Crippen molar-refractivity contribution < 1.29 is 14.3 Å². The van der Waals surface area contributed by atoms with Gasteiger partial charge in [-0.1, -0.05) is 18.2 Å². The summed E-state index contributed by atoms with van der Waals surface area (Å²) in [6.07, 6.45) is 1.53. The first-order valence-corrected chi connectivity index (χ1v) is 4.81. The summed E-state index contributed by atoms with van der Waals surface area (Å²) >= 11 is 0. The van der Waals surface area contributed by atoms with Crippen LogP contribution < -0.4 is 10.2 Å². The van der Waals surface area contributed by atoms with E-state index in [1.54, 1.807) is 24.3 Å². The van der Waals surface area contributed by atoms with Crippen molar-refractivity contribution >= 4 is 11.8 Å².